The molecule has 0 aromatic heterocycles. The number of benzene rings is 1. The van der Waals surface area contributed by atoms with Gasteiger partial charge in [-0.25, -0.2) is 0 Å². The Balaban J connectivity index is 2.54. The molecular weight excluding hydrogens is 294 g/mol. The van der Waals surface area contributed by atoms with Crippen molar-refractivity contribution in [3.8, 4) is 0 Å². The molecule has 0 radical (unpaired) electrons. The summed E-state index contributed by atoms with van der Waals surface area (Å²) < 4.78 is 1.08. The molecule has 1 N–H and O–H groups in total. The van der Waals surface area contributed by atoms with E-state index in [2.05, 4.69) is 46.8 Å². The number of carbonyl (C=O) groups is 1. The summed E-state index contributed by atoms with van der Waals surface area (Å²) in [4.78, 5) is 12.8. The molecule has 0 saturated heterocycles. The average molecular weight is 314 g/mol. The van der Waals surface area contributed by atoms with Crippen molar-refractivity contribution in [1.29, 1.82) is 0 Å². The highest BCUT2D eigenvalue weighted by Gasteiger charge is 2.10. The topological polar surface area (TPSA) is 40.5 Å². The fraction of sp³-hybridized carbons (Fsp3) is 0.500. The summed E-state index contributed by atoms with van der Waals surface area (Å²) in [6.45, 7) is 5.95. The second-order valence-corrected chi connectivity index (χ2v) is 5.61. The van der Waals surface area contributed by atoms with Gasteiger partial charge in [-0.2, -0.15) is 0 Å². The van der Waals surface area contributed by atoms with Crippen LogP contribution in [0, 0.1) is 0 Å². The van der Waals surface area contributed by atoms with Crippen molar-refractivity contribution in [2.45, 2.75) is 39.3 Å². The minimum absolute atomic E-state index is 0.238. The van der Waals surface area contributed by atoms with Crippen molar-refractivity contribution >= 4 is 21.9 Å². The highest BCUT2D eigenvalue weighted by Crippen LogP contribution is 2.15. The fourth-order valence-corrected chi connectivity index (χ4v) is 2.27. The van der Waals surface area contributed by atoms with E-state index >= 15 is 0 Å². The number of carboxylic acid groups (broad SMARTS) is 1. The van der Waals surface area contributed by atoms with Gasteiger partial charge in [-0.15, -0.1) is 0 Å². The molecule has 1 rings (SSSR count). The van der Waals surface area contributed by atoms with Gasteiger partial charge in [0.25, 0.3) is 0 Å². The van der Waals surface area contributed by atoms with Gasteiger partial charge in [0.15, 0.2) is 0 Å². The second-order valence-electron chi connectivity index (χ2n) is 4.69. The lowest BCUT2D eigenvalue weighted by molar-refractivity contribution is -0.137. The number of nitrogens with zero attached hydrogens (tertiary/aromatic N) is 1. The number of hydrogen-bond donors (Lipinski definition) is 1. The Morgan fingerprint density at radius 2 is 2.17 bits per heavy atom. The van der Waals surface area contributed by atoms with Crippen LogP contribution in [-0.2, 0) is 11.3 Å². The van der Waals surface area contributed by atoms with Crippen molar-refractivity contribution in [1.82, 2.24) is 4.90 Å². The van der Waals surface area contributed by atoms with Gasteiger partial charge in [0, 0.05) is 23.5 Å². The molecule has 0 aliphatic rings. The molecule has 0 aliphatic carbocycles. The smallest absolute Gasteiger partial charge is 0.303 e. The van der Waals surface area contributed by atoms with Crippen LogP contribution in [0.1, 0.15) is 32.3 Å². The van der Waals surface area contributed by atoms with Gasteiger partial charge < -0.3 is 5.11 Å². The fourth-order valence-electron chi connectivity index (χ4n) is 1.82. The van der Waals surface area contributed by atoms with Gasteiger partial charge >= 0.3 is 5.97 Å². The summed E-state index contributed by atoms with van der Waals surface area (Å²) in [6.07, 6.45) is 0.934. The number of rotatable bonds is 7. The van der Waals surface area contributed by atoms with Crippen LogP contribution >= 0.6 is 15.9 Å². The van der Waals surface area contributed by atoms with Gasteiger partial charge in [-0.1, -0.05) is 28.1 Å². The molecule has 0 unspecified atom stereocenters. The predicted molar refractivity (Wildman–Crippen MR) is 76.6 cm³/mol. The summed E-state index contributed by atoms with van der Waals surface area (Å²) in [7, 11) is 0. The first-order valence-corrected chi connectivity index (χ1v) is 6.98. The summed E-state index contributed by atoms with van der Waals surface area (Å²) in [6, 6.07) is 8.64. The lowest BCUT2D eigenvalue weighted by Crippen LogP contribution is -2.31. The molecule has 100 valence electrons. The minimum Gasteiger partial charge on any atom is -0.481 e. The maximum absolute atomic E-state index is 10.5. The van der Waals surface area contributed by atoms with Gasteiger partial charge in [-0.05, 0) is 44.5 Å². The van der Waals surface area contributed by atoms with E-state index in [4.69, 9.17) is 5.11 Å². The minimum atomic E-state index is -0.721. The predicted octanol–water partition coefficient (Wildman–Crippen LogP) is 3.52. The molecule has 18 heavy (non-hydrogen) atoms. The van der Waals surface area contributed by atoms with E-state index in [9.17, 15) is 4.79 Å². The Kier molecular flexibility index (Phi) is 6.36. The van der Waals surface area contributed by atoms with Crippen LogP contribution in [0.25, 0.3) is 0 Å². The molecular formula is C14H20BrNO2. The van der Waals surface area contributed by atoms with Crippen molar-refractivity contribution in [3.63, 3.8) is 0 Å². The Morgan fingerprint density at radius 1 is 1.44 bits per heavy atom. The zero-order valence-corrected chi connectivity index (χ0v) is 12.5. The third-order valence-electron chi connectivity index (χ3n) is 2.84. The van der Waals surface area contributed by atoms with Crippen LogP contribution in [-0.4, -0.2) is 28.6 Å². The maximum Gasteiger partial charge on any atom is 0.303 e. The normalized spacial score (nSPS) is 11.2. The number of carboxylic acids is 1. The summed E-state index contributed by atoms with van der Waals surface area (Å²) >= 11 is 3.46. The molecule has 0 atom stereocenters. The lowest BCUT2D eigenvalue weighted by atomic mass is 10.1. The molecule has 4 heteroatoms. The number of halogens is 1. The molecule has 3 nitrogen and oxygen atoms in total. The van der Waals surface area contributed by atoms with E-state index in [-0.39, 0.29) is 6.42 Å². The van der Waals surface area contributed by atoms with Gasteiger partial charge in [-0.3, -0.25) is 9.69 Å². The zero-order valence-electron chi connectivity index (χ0n) is 10.9. The number of hydrogen-bond acceptors (Lipinski definition) is 2. The van der Waals surface area contributed by atoms with Crippen LogP contribution < -0.4 is 0 Å². The molecule has 0 bridgehead atoms. The summed E-state index contributed by atoms with van der Waals surface area (Å²) in [5.74, 6) is -0.721. The van der Waals surface area contributed by atoms with E-state index in [0.717, 1.165) is 17.6 Å². The highest BCUT2D eigenvalue weighted by atomic mass is 79.9. The van der Waals surface area contributed by atoms with E-state index in [1.54, 1.807) is 0 Å². The van der Waals surface area contributed by atoms with Crippen LogP contribution in [0.2, 0.25) is 0 Å². The van der Waals surface area contributed by atoms with E-state index < -0.39 is 5.97 Å². The number of aliphatic carboxylic acids is 1. The molecule has 0 saturated carbocycles. The summed E-state index contributed by atoms with van der Waals surface area (Å²) in [5, 5.41) is 8.67. The molecule has 1 aromatic rings. The van der Waals surface area contributed by atoms with Crippen molar-refractivity contribution in [3.05, 3.63) is 34.3 Å². The van der Waals surface area contributed by atoms with Crippen molar-refractivity contribution in [2.75, 3.05) is 6.54 Å². The molecule has 0 heterocycles. The van der Waals surface area contributed by atoms with Crippen LogP contribution in [0.4, 0.5) is 0 Å². The van der Waals surface area contributed by atoms with Gasteiger partial charge in [0.05, 0.1) is 0 Å². The van der Waals surface area contributed by atoms with E-state index in [1.165, 1.54) is 5.56 Å². The molecule has 0 spiro atoms. The SMILES string of the molecule is CC(C)N(CCCC(=O)O)Cc1cccc(Br)c1. The quantitative estimate of drug-likeness (QED) is 0.837. The second kappa shape index (κ2) is 7.54. The Labute approximate surface area is 117 Å². The van der Waals surface area contributed by atoms with Gasteiger partial charge in [0.2, 0.25) is 0 Å². The third-order valence-corrected chi connectivity index (χ3v) is 3.33. The molecule has 0 fully saturated rings. The lowest BCUT2D eigenvalue weighted by Gasteiger charge is -2.26. The third kappa shape index (κ3) is 5.65. The van der Waals surface area contributed by atoms with Crippen LogP contribution in [0.5, 0.6) is 0 Å². The van der Waals surface area contributed by atoms with Crippen molar-refractivity contribution in [2.24, 2.45) is 0 Å². The standard InChI is InChI=1S/C14H20BrNO2/c1-11(2)16(8-4-7-14(17)18)10-12-5-3-6-13(15)9-12/h3,5-6,9,11H,4,7-8,10H2,1-2H3,(H,17,18). The Hall–Kier alpha value is -0.870. The largest absolute Gasteiger partial charge is 0.481 e. The molecule has 0 aliphatic heterocycles. The monoisotopic (exact) mass is 313 g/mol. The van der Waals surface area contributed by atoms with Gasteiger partial charge in [0.1, 0.15) is 0 Å². The first-order chi connectivity index (χ1) is 8.49. The maximum atomic E-state index is 10.5. The average Bonchev–Trinajstić information content (AvgIpc) is 2.27. The summed E-state index contributed by atoms with van der Waals surface area (Å²) in [5.41, 5.74) is 1.24. The van der Waals surface area contributed by atoms with E-state index in [1.807, 2.05) is 12.1 Å². The highest BCUT2D eigenvalue weighted by molar-refractivity contribution is 9.10. The first kappa shape index (κ1) is 15.2. The zero-order chi connectivity index (χ0) is 13.5. The Morgan fingerprint density at radius 3 is 2.72 bits per heavy atom. The van der Waals surface area contributed by atoms with E-state index in [0.29, 0.717) is 12.5 Å². The molecule has 0 amide bonds. The first-order valence-electron chi connectivity index (χ1n) is 6.19. The van der Waals surface area contributed by atoms with Crippen LogP contribution in [0.15, 0.2) is 28.7 Å². The van der Waals surface area contributed by atoms with Crippen molar-refractivity contribution < 1.29 is 9.90 Å². The molecule has 1 aromatic carbocycles. The van der Waals surface area contributed by atoms with Crippen LogP contribution in [0.3, 0.4) is 0 Å². The Bertz CT molecular complexity index is 393.